The number of hydrogen-bond acceptors (Lipinski definition) is 13. The largest absolute Gasteiger partial charge is 0.479 e. The number of benzene rings is 2. The van der Waals surface area contributed by atoms with Gasteiger partial charge in [-0.25, -0.2) is 9.55 Å². The van der Waals surface area contributed by atoms with Crippen molar-refractivity contribution in [2.75, 3.05) is 26.1 Å². The fourth-order valence-electron chi connectivity index (χ4n) is 5.54. The number of nitrogens with one attached hydrogen (secondary N) is 1. The number of rotatable bonds is 12. The zero-order valence-corrected chi connectivity index (χ0v) is 29.8. The van der Waals surface area contributed by atoms with Gasteiger partial charge in [0.2, 0.25) is 11.8 Å². The van der Waals surface area contributed by atoms with Crippen LogP contribution in [0.15, 0.2) is 42.5 Å². The molecule has 6 atom stereocenters. The summed E-state index contributed by atoms with van der Waals surface area (Å²) in [6.45, 7) is 12.0. The molecule has 6 unspecified atom stereocenters. The molecule has 1 fully saturated rings. The lowest BCUT2D eigenvalue weighted by Crippen LogP contribution is -2.45. The molecule has 0 amide bonds. The van der Waals surface area contributed by atoms with Gasteiger partial charge in [0.1, 0.15) is 35.4 Å². The second-order valence-electron chi connectivity index (χ2n) is 13.9. The predicted octanol–water partition coefficient (Wildman–Crippen LogP) is 4.30. The fourth-order valence-corrected chi connectivity index (χ4v) is 7.22. The van der Waals surface area contributed by atoms with Crippen LogP contribution in [0.25, 0.3) is 21.9 Å². The minimum absolute atomic E-state index is 0.0955. The highest BCUT2D eigenvalue weighted by molar-refractivity contribution is 7.52. The topological polar surface area (TPSA) is 202 Å². The normalized spacial score (nSPS) is 23.1. The first-order chi connectivity index (χ1) is 22.9. The number of ether oxygens (including phenoxy) is 3. The van der Waals surface area contributed by atoms with E-state index in [1.807, 2.05) is 45.0 Å². The van der Waals surface area contributed by atoms with E-state index >= 15 is 0 Å². The smallest absolute Gasteiger partial charge is 0.459 e. The Bertz CT molecular complexity index is 1870. The second kappa shape index (κ2) is 13.8. The van der Waals surface area contributed by atoms with Gasteiger partial charge in [0.15, 0.2) is 17.4 Å². The van der Waals surface area contributed by atoms with E-state index in [0.29, 0.717) is 11.2 Å². The SMILES string of the molecule is COc1nc(N)nc2c1nc(C)n2C1OC(COP(=O)(NC(C(=O)OCC(C)(C)C)C(C)C)Oc2cccc3ccccc23)C(O)C1(C)O. The number of imidazole rings is 1. The highest BCUT2D eigenvalue weighted by Crippen LogP contribution is 2.49. The van der Waals surface area contributed by atoms with Gasteiger partial charge in [0.05, 0.1) is 20.3 Å². The number of carbonyl (C=O) groups is 1. The van der Waals surface area contributed by atoms with Gasteiger partial charge >= 0.3 is 13.7 Å². The molecule has 5 rings (SSSR count). The highest BCUT2D eigenvalue weighted by atomic mass is 31.2. The van der Waals surface area contributed by atoms with Crippen LogP contribution in [-0.2, 0) is 23.4 Å². The molecule has 5 N–H and O–H groups in total. The molecule has 3 heterocycles. The van der Waals surface area contributed by atoms with Crippen LogP contribution in [0, 0.1) is 18.3 Å². The van der Waals surface area contributed by atoms with Crippen LogP contribution < -0.4 is 20.1 Å². The van der Waals surface area contributed by atoms with Crippen molar-refractivity contribution in [1.29, 1.82) is 0 Å². The number of nitrogens with two attached hydrogens (primary N) is 1. The molecule has 1 aliphatic rings. The van der Waals surface area contributed by atoms with Crippen molar-refractivity contribution in [2.24, 2.45) is 11.3 Å². The molecule has 0 saturated carbocycles. The maximum Gasteiger partial charge on any atom is 0.459 e. The number of anilines is 1. The van der Waals surface area contributed by atoms with Crippen LogP contribution in [0.2, 0.25) is 0 Å². The van der Waals surface area contributed by atoms with Gasteiger partial charge in [0.25, 0.3) is 0 Å². The number of nitrogen functional groups attached to an aromatic ring is 1. The van der Waals surface area contributed by atoms with Gasteiger partial charge in [-0.1, -0.05) is 71.0 Å². The standard InChI is InChI=1S/C33H45N6O9P/c1-18(2)24(29(41)45-17-32(4,5)6)38-49(43,48-22-15-11-13-20-12-9-10-14-21(20)22)46-16-23-26(40)33(7,42)30(47-23)39-19(3)35-25-27(39)36-31(34)37-28(25)44-8/h9-15,18,23-24,26,30,40,42H,16-17H2,1-8H3,(H,38,43)(H2,34,36,37). The summed E-state index contributed by atoms with van der Waals surface area (Å²) in [5.41, 5.74) is 4.18. The van der Waals surface area contributed by atoms with Crippen LogP contribution >= 0.6 is 7.75 Å². The molecule has 0 spiro atoms. The van der Waals surface area contributed by atoms with Crippen LogP contribution in [0.5, 0.6) is 11.6 Å². The third-order valence-electron chi connectivity index (χ3n) is 8.13. The molecule has 16 heteroatoms. The molecule has 15 nitrogen and oxygen atoms in total. The Balaban J connectivity index is 1.46. The van der Waals surface area contributed by atoms with Crippen LogP contribution in [0.1, 0.15) is 53.6 Å². The van der Waals surface area contributed by atoms with Crippen LogP contribution in [-0.4, -0.2) is 79.9 Å². The van der Waals surface area contributed by atoms with Crippen molar-refractivity contribution in [3.8, 4) is 11.6 Å². The van der Waals surface area contributed by atoms with Gasteiger partial charge in [-0.2, -0.15) is 15.1 Å². The van der Waals surface area contributed by atoms with Gasteiger partial charge < -0.3 is 34.7 Å². The number of aryl methyl sites for hydroxylation is 1. The number of nitrogens with zero attached hydrogens (tertiary/aromatic N) is 4. The lowest BCUT2D eigenvalue weighted by Gasteiger charge is -2.29. The monoisotopic (exact) mass is 700 g/mol. The molecule has 266 valence electrons. The summed E-state index contributed by atoms with van der Waals surface area (Å²) in [4.78, 5) is 26.1. The molecule has 2 aromatic heterocycles. The Morgan fingerprint density at radius 2 is 1.86 bits per heavy atom. The minimum Gasteiger partial charge on any atom is -0.479 e. The summed E-state index contributed by atoms with van der Waals surface area (Å²) < 4.78 is 45.3. The molecular weight excluding hydrogens is 655 g/mol. The zero-order chi connectivity index (χ0) is 35.9. The van der Waals surface area contributed by atoms with Crippen LogP contribution in [0.3, 0.4) is 0 Å². The Hall–Kier alpha value is -3.85. The number of aliphatic hydroxyl groups excluding tert-OH is 1. The van der Waals surface area contributed by atoms with Gasteiger partial charge in [-0.05, 0) is 36.6 Å². The maximum absolute atomic E-state index is 14.7. The lowest BCUT2D eigenvalue weighted by atomic mass is 9.96. The second-order valence-corrected chi connectivity index (χ2v) is 15.6. The minimum atomic E-state index is -4.44. The predicted molar refractivity (Wildman–Crippen MR) is 182 cm³/mol. The van der Waals surface area contributed by atoms with Crippen molar-refractivity contribution < 1.29 is 42.8 Å². The quantitative estimate of drug-likeness (QED) is 0.120. The Morgan fingerprint density at radius 3 is 2.53 bits per heavy atom. The molecule has 0 aliphatic carbocycles. The Labute approximate surface area is 284 Å². The van der Waals surface area contributed by atoms with Crippen molar-refractivity contribution >= 4 is 41.6 Å². The molecular formula is C33H45N6O9P. The number of hydrogen-bond donors (Lipinski definition) is 4. The van der Waals surface area contributed by atoms with E-state index in [2.05, 4.69) is 20.0 Å². The van der Waals surface area contributed by atoms with E-state index in [9.17, 15) is 19.6 Å². The van der Waals surface area contributed by atoms with Gasteiger partial charge in [0, 0.05) is 5.39 Å². The summed E-state index contributed by atoms with van der Waals surface area (Å²) in [6.07, 6.45) is -4.00. The van der Waals surface area contributed by atoms with Gasteiger partial charge in [-0.3, -0.25) is 13.9 Å². The molecule has 4 aromatic rings. The highest BCUT2D eigenvalue weighted by Gasteiger charge is 2.55. The van der Waals surface area contributed by atoms with Crippen molar-refractivity contribution in [1.82, 2.24) is 24.6 Å². The van der Waals surface area contributed by atoms with E-state index < -0.39 is 50.4 Å². The lowest BCUT2D eigenvalue weighted by molar-refractivity contribution is -0.149. The number of aromatic nitrogens is 4. The summed E-state index contributed by atoms with van der Waals surface area (Å²) in [6, 6.07) is 11.5. The number of esters is 1. The first kappa shape index (κ1) is 36.4. The zero-order valence-electron chi connectivity index (χ0n) is 28.9. The number of aliphatic hydroxyl groups is 2. The molecule has 0 bridgehead atoms. The summed E-state index contributed by atoms with van der Waals surface area (Å²) in [5.74, 6) is -0.378. The maximum atomic E-state index is 14.7. The van der Waals surface area contributed by atoms with Crippen LogP contribution in [0.4, 0.5) is 5.95 Å². The van der Waals surface area contributed by atoms with E-state index in [-0.39, 0.29) is 46.7 Å². The van der Waals surface area contributed by atoms with Crippen molar-refractivity contribution in [3.05, 3.63) is 48.3 Å². The molecule has 49 heavy (non-hydrogen) atoms. The first-order valence-electron chi connectivity index (χ1n) is 15.9. The fraction of sp³-hybridized carbons (Fsp3) is 0.515. The number of carbonyl (C=O) groups excluding carboxylic acids is 1. The molecule has 1 aliphatic heterocycles. The third kappa shape index (κ3) is 7.67. The average molecular weight is 701 g/mol. The van der Waals surface area contributed by atoms with Crippen molar-refractivity contribution in [3.63, 3.8) is 0 Å². The molecule has 2 aromatic carbocycles. The Kier molecular flexibility index (Phi) is 10.3. The number of methoxy groups -OCH3 is 1. The third-order valence-corrected chi connectivity index (χ3v) is 9.65. The average Bonchev–Trinajstić information content (AvgIpc) is 3.47. The molecule has 1 saturated heterocycles. The van der Waals surface area contributed by atoms with Crippen molar-refractivity contribution in [2.45, 2.75) is 78.5 Å². The number of fused-ring (bicyclic) bond motifs is 2. The molecule has 0 radical (unpaired) electrons. The van der Waals surface area contributed by atoms with E-state index in [1.165, 1.54) is 18.6 Å². The van der Waals surface area contributed by atoms with Gasteiger partial charge in [-0.15, -0.1) is 0 Å². The van der Waals surface area contributed by atoms with E-state index in [0.717, 1.165) is 5.39 Å². The Morgan fingerprint density at radius 1 is 1.16 bits per heavy atom. The first-order valence-corrected chi connectivity index (χ1v) is 17.5. The van der Waals surface area contributed by atoms with E-state index in [4.69, 9.17) is 29.0 Å². The summed E-state index contributed by atoms with van der Waals surface area (Å²) in [5, 5.41) is 27.2. The van der Waals surface area contributed by atoms with E-state index in [1.54, 1.807) is 39.0 Å². The summed E-state index contributed by atoms with van der Waals surface area (Å²) >= 11 is 0. The summed E-state index contributed by atoms with van der Waals surface area (Å²) in [7, 11) is -3.02.